The first-order valence-corrected chi connectivity index (χ1v) is 7.10. The van der Waals surface area contributed by atoms with E-state index in [4.69, 9.17) is 0 Å². The summed E-state index contributed by atoms with van der Waals surface area (Å²) in [4.78, 5) is 26.1. The van der Waals surface area contributed by atoms with E-state index in [1.807, 2.05) is 31.2 Å². The van der Waals surface area contributed by atoms with Crippen LogP contribution in [0.15, 0.2) is 24.3 Å². The summed E-state index contributed by atoms with van der Waals surface area (Å²) < 4.78 is 0. The monoisotopic (exact) mass is 259 g/mol. The van der Waals surface area contributed by atoms with Crippen LogP contribution in [0.5, 0.6) is 0 Å². The van der Waals surface area contributed by atoms with Crippen LogP contribution in [0.3, 0.4) is 0 Å². The van der Waals surface area contributed by atoms with Gasteiger partial charge in [0.25, 0.3) is 0 Å². The Morgan fingerprint density at radius 3 is 2.47 bits per heavy atom. The van der Waals surface area contributed by atoms with Crippen molar-refractivity contribution in [1.29, 1.82) is 0 Å². The Balaban J connectivity index is 2.15. The van der Waals surface area contributed by atoms with E-state index in [2.05, 4.69) is 6.92 Å². The lowest BCUT2D eigenvalue weighted by atomic mass is 10.0. The van der Waals surface area contributed by atoms with Crippen LogP contribution < -0.4 is 0 Å². The molecule has 0 N–H and O–H groups in total. The van der Waals surface area contributed by atoms with Gasteiger partial charge in [0.15, 0.2) is 5.78 Å². The number of carbonyl (C=O) groups excluding carboxylic acids is 2. The van der Waals surface area contributed by atoms with Crippen molar-refractivity contribution in [2.24, 2.45) is 0 Å². The minimum absolute atomic E-state index is 0.0843. The zero-order valence-electron chi connectivity index (χ0n) is 11.7. The molecular formula is C16H21NO2. The standard InChI is InChI=1S/C16H21NO2/c1-3-12-7-9-13(10-8-12)16(19)14-6-5-11-17(14)15(18)4-2/h7-10,14H,3-6,11H2,1-2H3. The number of carbonyl (C=O) groups is 2. The number of hydrogen-bond donors (Lipinski definition) is 0. The van der Waals surface area contributed by atoms with E-state index in [-0.39, 0.29) is 17.7 Å². The molecule has 0 aliphatic carbocycles. The Bertz CT molecular complexity index is 464. The number of benzene rings is 1. The summed E-state index contributed by atoms with van der Waals surface area (Å²) >= 11 is 0. The van der Waals surface area contributed by atoms with Crippen LogP contribution in [0.4, 0.5) is 0 Å². The van der Waals surface area contributed by atoms with E-state index in [1.54, 1.807) is 4.90 Å². The normalized spacial score (nSPS) is 18.6. The second-order valence-corrected chi connectivity index (χ2v) is 5.01. The third kappa shape index (κ3) is 2.86. The maximum Gasteiger partial charge on any atom is 0.222 e. The molecule has 1 saturated heterocycles. The van der Waals surface area contributed by atoms with Crippen LogP contribution in [0, 0.1) is 0 Å². The van der Waals surface area contributed by atoms with E-state index in [0.717, 1.165) is 31.4 Å². The Morgan fingerprint density at radius 2 is 1.89 bits per heavy atom. The van der Waals surface area contributed by atoms with Crippen molar-refractivity contribution < 1.29 is 9.59 Å². The molecule has 1 aromatic carbocycles. The smallest absolute Gasteiger partial charge is 0.222 e. The fourth-order valence-corrected chi connectivity index (χ4v) is 2.64. The molecular weight excluding hydrogens is 238 g/mol. The molecule has 0 radical (unpaired) electrons. The average Bonchev–Trinajstić information content (AvgIpc) is 2.95. The predicted molar refractivity (Wildman–Crippen MR) is 75.2 cm³/mol. The Labute approximate surface area is 114 Å². The molecule has 19 heavy (non-hydrogen) atoms. The lowest BCUT2D eigenvalue weighted by Crippen LogP contribution is -2.40. The van der Waals surface area contributed by atoms with Crippen molar-refractivity contribution in [2.75, 3.05) is 6.54 Å². The van der Waals surface area contributed by atoms with Crippen molar-refractivity contribution in [3.8, 4) is 0 Å². The van der Waals surface area contributed by atoms with E-state index < -0.39 is 0 Å². The highest BCUT2D eigenvalue weighted by Crippen LogP contribution is 2.22. The summed E-state index contributed by atoms with van der Waals surface area (Å²) in [6.07, 6.45) is 3.16. The summed E-state index contributed by atoms with van der Waals surface area (Å²) in [5, 5.41) is 0. The highest BCUT2D eigenvalue weighted by molar-refractivity contribution is 6.02. The van der Waals surface area contributed by atoms with Gasteiger partial charge in [-0.1, -0.05) is 38.1 Å². The minimum atomic E-state index is -0.250. The highest BCUT2D eigenvalue weighted by atomic mass is 16.2. The molecule has 0 aromatic heterocycles. The van der Waals surface area contributed by atoms with E-state index in [1.165, 1.54) is 5.56 Å². The summed E-state index contributed by atoms with van der Waals surface area (Å²) in [6.45, 7) is 4.66. The Hall–Kier alpha value is -1.64. The molecule has 0 bridgehead atoms. The fourth-order valence-electron chi connectivity index (χ4n) is 2.64. The number of likely N-dealkylation sites (tertiary alicyclic amines) is 1. The summed E-state index contributed by atoms with van der Waals surface area (Å²) in [5.41, 5.74) is 1.95. The SMILES string of the molecule is CCC(=O)N1CCCC1C(=O)c1ccc(CC)cc1. The summed E-state index contributed by atoms with van der Waals surface area (Å²) in [7, 11) is 0. The van der Waals surface area contributed by atoms with Crippen LogP contribution in [0.1, 0.15) is 49.0 Å². The third-order valence-corrected chi connectivity index (χ3v) is 3.82. The number of ketones is 1. The Morgan fingerprint density at radius 1 is 1.21 bits per heavy atom. The van der Waals surface area contributed by atoms with Gasteiger partial charge in [-0.2, -0.15) is 0 Å². The highest BCUT2D eigenvalue weighted by Gasteiger charge is 2.33. The molecule has 1 aromatic rings. The minimum Gasteiger partial charge on any atom is -0.332 e. The quantitative estimate of drug-likeness (QED) is 0.780. The molecule has 1 aliphatic heterocycles. The molecule has 2 rings (SSSR count). The average molecular weight is 259 g/mol. The van der Waals surface area contributed by atoms with Crippen molar-refractivity contribution >= 4 is 11.7 Å². The summed E-state index contributed by atoms with van der Waals surface area (Å²) in [5.74, 6) is 0.169. The second-order valence-electron chi connectivity index (χ2n) is 5.01. The fraction of sp³-hybridized carbons (Fsp3) is 0.500. The topological polar surface area (TPSA) is 37.4 Å². The molecule has 1 aliphatic rings. The number of amides is 1. The first-order chi connectivity index (χ1) is 9.17. The van der Waals surface area contributed by atoms with Gasteiger partial charge in [-0.15, -0.1) is 0 Å². The van der Waals surface area contributed by atoms with Crippen LogP contribution in [-0.2, 0) is 11.2 Å². The predicted octanol–water partition coefficient (Wildman–Crippen LogP) is 2.83. The molecule has 1 heterocycles. The first-order valence-electron chi connectivity index (χ1n) is 7.10. The van der Waals surface area contributed by atoms with Gasteiger partial charge in [0.2, 0.25) is 5.91 Å². The lowest BCUT2D eigenvalue weighted by Gasteiger charge is -2.23. The third-order valence-electron chi connectivity index (χ3n) is 3.82. The molecule has 3 nitrogen and oxygen atoms in total. The molecule has 102 valence electrons. The van der Waals surface area contributed by atoms with E-state index >= 15 is 0 Å². The maximum atomic E-state index is 12.5. The van der Waals surface area contributed by atoms with E-state index in [9.17, 15) is 9.59 Å². The van der Waals surface area contributed by atoms with Crippen molar-refractivity contribution in [3.63, 3.8) is 0 Å². The largest absolute Gasteiger partial charge is 0.332 e. The number of rotatable bonds is 4. The molecule has 0 spiro atoms. The van der Waals surface area contributed by atoms with Crippen LogP contribution in [0.2, 0.25) is 0 Å². The second kappa shape index (κ2) is 6.00. The molecule has 1 amide bonds. The zero-order valence-corrected chi connectivity index (χ0v) is 11.7. The van der Waals surface area contributed by atoms with Gasteiger partial charge in [-0.25, -0.2) is 0 Å². The molecule has 1 atom stereocenters. The van der Waals surface area contributed by atoms with Crippen LogP contribution in [0.25, 0.3) is 0 Å². The first kappa shape index (κ1) is 13.8. The number of Topliss-reactive ketones (excluding diaryl/α,β-unsaturated/α-hetero) is 1. The van der Waals surface area contributed by atoms with Gasteiger partial charge < -0.3 is 4.90 Å². The number of hydrogen-bond acceptors (Lipinski definition) is 2. The van der Waals surface area contributed by atoms with Gasteiger partial charge in [0.05, 0.1) is 6.04 Å². The number of aryl methyl sites for hydroxylation is 1. The molecule has 0 saturated carbocycles. The summed E-state index contributed by atoms with van der Waals surface area (Å²) in [6, 6.07) is 7.50. The van der Waals surface area contributed by atoms with Crippen molar-refractivity contribution in [1.82, 2.24) is 4.90 Å². The van der Waals surface area contributed by atoms with Crippen LogP contribution in [-0.4, -0.2) is 29.2 Å². The maximum absolute atomic E-state index is 12.5. The van der Waals surface area contributed by atoms with Gasteiger partial charge in [0.1, 0.15) is 0 Å². The van der Waals surface area contributed by atoms with E-state index in [0.29, 0.717) is 6.42 Å². The van der Waals surface area contributed by atoms with Crippen LogP contribution >= 0.6 is 0 Å². The van der Waals surface area contributed by atoms with Gasteiger partial charge in [-0.05, 0) is 24.8 Å². The van der Waals surface area contributed by atoms with Crippen molar-refractivity contribution in [2.45, 2.75) is 45.6 Å². The van der Waals surface area contributed by atoms with Gasteiger partial charge in [0, 0.05) is 18.5 Å². The van der Waals surface area contributed by atoms with Gasteiger partial charge in [-0.3, -0.25) is 9.59 Å². The zero-order chi connectivity index (χ0) is 13.8. The lowest BCUT2D eigenvalue weighted by molar-refractivity contribution is -0.131. The van der Waals surface area contributed by atoms with Gasteiger partial charge >= 0.3 is 0 Å². The number of nitrogens with zero attached hydrogens (tertiary/aromatic N) is 1. The molecule has 3 heteroatoms. The molecule has 1 unspecified atom stereocenters. The van der Waals surface area contributed by atoms with Crippen molar-refractivity contribution in [3.05, 3.63) is 35.4 Å². The molecule has 1 fully saturated rings. The Kier molecular flexibility index (Phi) is 4.35.